The molecule has 0 bridgehead atoms. The Morgan fingerprint density at radius 2 is 2.12 bits per heavy atom. The van der Waals surface area contributed by atoms with Gasteiger partial charge in [-0.25, -0.2) is 0 Å². The third kappa shape index (κ3) is 6.62. The fraction of sp³-hybridized carbons (Fsp3) is 0.538. The minimum absolute atomic E-state index is 0.716. The molecule has 0 amide bonds. The molecule has 0 aliphatic heterocycles. The molecule has 17 heavy (non-hydrogen) atoms. The first-order valence-corrected chi connectivity index (χ1v) is 7.73. The molecule has 0 fully saturated rings. The molecule has 96 valence electrons. The zero-order chi connectivity index (χ0) is 12.7. The molecule has 0 saturated heterocycles. The van der Waals surface area contributed by atoms with Crippen molar-refractivity contribution in [1.82, 2.24) is 0 Å². The fourth-order valence-corrected chi connectivity index (χ4v) is 2.75. The van der Waals surface area contributed by atoms with E-state index < -0.39 is 0 Å². The van der Waals surface area contributed by atoms with Gasteiger partial charge in [0, 0.05) is 26.9 Å². The summed E-state index contributed by atoms with van der Waals surface area (Å²) < 4.78 is 7.88. The van der Waals surface area contributed by atoms with Gasteiger partial charge in [0.15, 0.2) is 0 Å². The second-order valence-corrected chi connectivity index (χ2v) is 6.45. The first-order chi connectivity index (χ1) is 8.09. The topological polar surface area (TPSA) is 21.3 Å². The molecule has 0 radical (unpaired) electrons. The van der Waals surface area contributed by atoms with Gasteiger partial charge in [0.25, 0.3) is 0 Å². The monoisotopic (exact) mass is 411 g/mol. The first kappa shape index (κ1) is 15.2. The van der Waals surface area contributed by atoms with E-state index in [2.05, 4.69) is 75.9 Å². The van der Waals surface area contributed by atoms with Crippen molar-refractivity contribution < 1.29 is 4.74 Å². The molecule has 0 saturated carbocycles. The van der Waals surface area contributed by atoms with E-state index in [1.807, 2.05) is 0 Å². The standard InChI is InChI=1S/C13H19BrINO/c1-10(2)5-7-17-8-6-16-13-4-3-11(15)9-12(13)14/h3-4,9-10,16H,5-8H2,1-2H3. The summed E-state index contributed by atoms with van der Waals surface area (Å²) in [4.78, 5) is 0. The molecule has 1 aromatic carbocycles. The number of benzene rings is 1. The smallest absolute Gasteiger partial charge is 0.0639 e. The third-order valence-electron chi connectivity index (χ3n) is 2.33. The zero-order valence-electron chi connectivity index (χ0n) is 10.3. The van der Waals surface area contributed by atoms with Crippen molar-refractivity contribution in [3.8, 4) is 0 Å². The van der Waals surface area contributed by atoms with Crippen LogP contribution in [-0.2, 0) is 4.74 Å². The Balaban J connectivity index is 2.18. The van der Waals surface area contributed by atoms with Crippen molar-refractivity contribution >= 4 is 44.2 Å². The van der Waals surface area contributed by atoms with Gasteiger partial charge >= 0.3 is 0 Å². The van der Waals surface area contributed by atoms with Crippen molar-refractivity contribution in [2.75, 3.05) is 25.1 Å². The van der Waals surface area contributed by atoms with E-state index in [0.717, 1.165) is 36.3 Å². The van der Waals surface area contributed by atoms with E-state index in [1.165, 1.54) is 3.57 Å². The van der Waals surface area contributed by atoms with E-state index in [0.29, 0.717) is 5.92 Å². The Hall–Kier alpha value is 0.190. The summed E-state index contributed by atoms with van der Waals surface area (Å²) in [6.45, 7) is 6.88. The van der Waals surface area contributed by atoms with Crippen LogP contribution in [0.1, 0.15) is 20.3 Å². The van der Waals surface area contributed by atoms with Crippen LogP contribution in [-0.4, -0.2) is 19.8 Å². The first-order valence-electron chi connectivity index (χ1n) is 5.86. The molecular weight excluding hydrogens is 393 g/mol. The van der Waals surface area contributed by atoms with Gasteiger partial charge in [-0.1, -0.05) is 13.8 Å². The highest BCUT2D eigenvalue weighted by molar-refractivity contribution is 14.1. The van der Waals surface area contributed by atoms with E-state index in [-0.39, 0.29) is 0 Å². The highest BCUT2D eigenvalue weighted by Gasteiger charge is 1.99. The van der Waals surface area contributed by atoms with Crippen LogP contribution in [0.2, 0.25) is 0 Å². The lowest BCUT2D eigenvalue weighted by atomic mass is 10.1. The normalized spacial score (nSPS) is 10.9. The van der Waals surface area contributed by atoms with Gasteiger partial charge in [0.2, 0.25) is 0 Å². The van der Waals surface area contributed by atoms with Crippen LogP contribution >= 0.6 is 38.5 Å². The third-order valence-corrected chi connectivity index (χ3v) is 3.66. The minimum atomic E-state index is 0.716. The maximum absolute atomic E-state index is 5.55. The summed E-state index contributed by atoms with van der Waals surface area (Å²) in [6.07, 6.45) is 1.13. The van der Waals surface area contributed by atoms with Gasteiger partial charge < -0.3 is 10.1 Å². The second kappa shape index (κ2) is 8.32. The van der Waals surface area contributed by atoms with Gasteiger partial charge in [-0.05, 0) is 69.1 Å². The van der Waals surface area contributed by atoms with E-state index >= 15 is 0 Å². The Kier molecular flexibility index (Phi) is 7.46. The molecule has 0 heterocycles. The molecule has 0 aliphatic carbocycles. The van der Waals surface area contributed by atoms with Gasteiger partial charge in [-0.2, -0.15) is 0 Å². The van der Waals surface area contributed by atoms with Crippen molar-refractivity contribution in [3.05, 3.63) is 26.2 Å². The summed E-state index contributed by atoms with van der Waals surface area (Å²) in [5, 5.41) is 3.35. The molecule has 0 unspecified atom stereocenters. The van der Waals surface area contributed by atoms with E-state index in [9.17, 15) is 0 Å². The van der Waals surface area contributed by atoms with Crippen molar-refractivity contribution in [3.63, 3.8) is 0 Å². The molecule has 1 aromatic rings. The van der Waals surface area contributed by atoms with E-state index in [4.69, 9.17) is 4.74 Å². The number of hydrogen-bond donors (Lipinski definition) is 1. The average Bonchev–Trinajstić information content (AvgIpc) is 2.25. The Labute approximate surface area is 126 Å². The quantitative estimate of drug-likeness (QED) is 0.525. The molecule has 0 atom stereocenters. The van der Waals surface area contributed by atoms with Crippen LogP contribution in [0.5, 0.6) is 0 Å². The summed E-state index contributed by atoms with van der Waals surface area (Å²) in [5.41, 5.74) is 1.12. The largest absolute Gasteiger partial charge is 0.382 e. The highest BCUT2D eigenvalue weighted by Crippen LogP contribution is 2.24. The summed E-state index contributed by atoms with van der Waals surface area (Å²) >= 11 is 5.84. The molecule has 2 nitrogen and oxygen atoms in total. The van der Waals surface area contributed by atoms with Crippen LogP contribution in [0.3, 0.4) is 0 Å². The van der Waals surface area contributed by atoms with Gasteiger partial charge in [0.1, 0.15) is 0 Å². The molecule has 1 rings (SSSR count). The minimum Gasteiger partial charge on any atom is -0.382 e. The van der Waals surface area contributed by atoms with Crippen molar-refractivity contribution in [1.29, 1.82) is 0 Å². The molecular formula is C13H19BrINO. The number of anilines is 1. The van der Waals surface area contributed by atoms with Crippen LogP contribution in [0.15, 0.2) is 22.7 Å². The van der Waals surface area contributed by atoms with Gasteiger partial charge in [-0.3, -0.25) is 0 Å². The lowest BCUT2D eigenvalue weighted by molar-refractivity contribution is 0.132. The predicted octanol–water partition coefficient (Wildman–Crippen LogP) is 4.53. The van der Waals surface area contributed by atoms with Crippen LogP contribution in [0.25, 0.3) is 0 Å². The molecule has 1 N–H and O–H groups in total. The Morgan fingerprint density at radius 3 is 2.76 bits per heavy atom. The van der Waals surface area contributed by atoms with Crippen LogP contribution in [0, 0.1) is 9.49 Å². The number of halogens is 2. The second-order valence-electron chi connectivity index (χ2n) is 4.35. The maximum Gasteiger partial charge on any atom is 0.0639 e. The zero-order valence-corrected chi connectivity index (χ0v) is 14.0. The molecule has 0 spiro atoms. The van der Waals surface area contributed by atoms with Gasteiger partial charge in [-0.15, -0.1) is 0 Å². The number of nitrogens with one attached hydrogen (secondary N) is 1. The molecule has 0 aliphatic rings. The summed E-state index contributed by atoms with van der Waals surface area (Å²) in [5.74, 6) is 0.716. The van der Waals surface area contributed by atoms with Crippen LogP contribution in [0.4, 0.5) is 5.69 Å². The van der Waals surface area contributed by atoms with Crippen LogP contribution < -0.4 is 5.32 Å². The highest BCUT2D eigenvalue weighted by atomic mass is 127. The van der Waals surface area contributed by atoms with Gasteiger partial charge in [0.05, 0.1) is 6.61 Å². The van der Waals surface area contributed by atoms with Crippen molar-refractivity contribution in [2.24, 2.45) is 5.92 Å². The maximum atomic E-state index is 5.55. The molecule has 4 heteroatoms. The Bertz CT molecular complexity index is 344. The number of hydrogen-bond acceptors (Lipinski definition) is 2. The number of rotatable bonds is 7. The Morgan fingerprint density at radius 1 is 1.35 bits per heavy atom. The average molecular weight is 412 g/mol. The molecule has 0 aromatic heterocycles. The fourth-order valence-electron chi connectivity index (χ4n) is 1.31. The lowest BCUT2D eigenvalue weighted by Crippen LogP contribution is -2.11. The summed E-state index contributed by atoms with van der Waals surface area (Å²) in [6, 6.07) is 6.27. The number of ether oxygens (including phenoxy) is 1. The van der Waals surface area contributed by atoms with E-state index in [1.54, 1.807) is 0 Å². The SMILES string of the molecule is CC(C)CCOCCNc1ccc(I)cc1Br. The predicted molar refractivity (Wildman–Crippen MR) is 85.6 cm³/mol. The lowest BCUT2D eigenvalue weighted by Gasteiger charge is -2.10. The van der Waals surface area contributed by atoms with Crippen molar-refractivity contribution in [2.45, 2.75) is 20.3 Å². The summed E-state index contributed by atoms with van der Waals surface area (Å²) in [7, 11) is 0.